The summed E-state index contributed by atoms with van der Waals surface area (Å²) in [4.78, 5) is 14.9. The van der Waals surface area contributed by atoms with Gasteiger partial charge >= 0.3 is 0 Å². The lowest BCUT2D eigenvalue weighted by Crippen LogP contribution is -2.44. The van der Waals surface area contributed by atoms with E-state index in [1.54, 1.807) is 0 Å². The Morgan fingerprint density at radius 3 is 2.70 bits per heavy atom. The number of nitrogens with zero attached hydrogens (tertiary/aromatic N) is 1. The van der Waals surface area contributed by atoms with Crippen molar-refractivity contribution in [2.45, 2.75) is 31.6 Å². The molecule has 4 rings (SSSR count). The largest absolute Gasteiger partial charge is 0.342 e. The summed E-state index contributed by atoms with van der Waals surface area (Å²) in [5, 5.41) is 3.49. The Bertz CT molecular complexity index is 578. The monoisotopic (exact) mass is 398 g/mol. The molecule has 5 heteroatoms. The van der Waals surface area contributed by atoms with Crippen LogP contribution in [0.1, 0.15) is 37.2 Å². The summed E-state index contributed by atoms with van der Waals surface area (Å²) in [5.41, 5.74) is 1.80. The van der Waals surface area contributed by atoms with Crippen LogP contribution in [0.25, 0.3) is 0 Å². The van der Waals surface area contributed by atoms with E-state index < -0.39 is 0 Å². The van der Waals surface area contributed by atoms with Crippen molar-refractivity contribution in [3.8, 4) is 0 Å². The van der Waals surface area contributed by atoms with Gasteiger partial charge in [-0.3, -0.25) is 4.79 Å². The van der Waals surface area contributed by atoms with Gasteiger partial charge in [0.15, 0.2) is 0 Å². The molecular weight excluding hydrogens is 376 g/mol. The number of hydrogen-bond acceptors (Lipinski definition) is 2. The number of carbonyl (C=O) groups excluding carboxylic acids is 1. The number of piperidine rings is 1. The van der Waals surface area contributed by atoms with Gasteiger partial charge in [-0.05, 0) is 61.3 Å². The predicted octanol–water partition coefficient (Wildman–Crippen LogP) is 3.58. The summed E-state index contributed by atoms with van der Waals surface area (Å²) in [6.45, 7) is 4.23. The van der Waals surface area contributed by atoms with Gasteiger partial charge in [0.2, 0.25) is 5.91 Å². The SMILES string of the molecule is Cl.O=C(C1CC1c1cccc(Br)c1)N1CCC2(CCNC2)CC1. The van der Waals surface area contributed by atoms with E-state index in [1.807, 2.05) is 6.07 Å². The molecule has 1 spiro atoms. The molecule has 1 aliphatic carbocycles. The second-order valence-corrected chi connectivity index (χ2v) is 8.17. The minimum atomic E-state index is 0. The zero-order chi connectivity index (χ0) is 15.2. The lowest BCUT2D eigenvalue weighted by atomic mass is 9.78. The highest BCUT2D eigenvalue weighted by Crippen LogP contribution is 2.49. The van der Waals surface area contributed by atoms with Gasteiger partial charge in [-0.1, -0.05) is 28.1 Å². The third kappa shape index (κ3) is 3.45. The van der Waals surface area contributed by atoms with Gasteiger partial charge < -0.3 is 10.2 Å². The Hall–Kier alpha value is -0.580. The molecule has 2 saturated heterocycles. The minimum absolute atomic E-state index is 0. The highest BCUT2D eigenvalue weighted by molar-refractivity contribution is 9.10. The van der Waals surface area contributed by atoms with Crippen LogP contribution in [0, 0.1) is 11.3 Å². The summed E-state index contributed by atoms with van der Waals surface area (Å²) in [6, 6.07) is 8.42. The van der Waals surface area contributed by atoms with E-state index in [4.69, 9.17) is 0 Å². The first-order chi connectivity index (χ1) is 10.7. The van der Waals surface area contributed by atoms with Crippen LogP contribution < -0.4 is 5.32 Å². The van der Waals surface area contributed by atoms with Crippen molar-refractivity contribution in [1.29, 1.82) is 0 Å². The van der Waals surface area contributed by atoms with Crippen LogP contribution >= 0.6 is 28.3 Å². The maximum absolute atomic E-state index is 12.7. The Morgan fingerprint density at radius 1 is 1.26 bits per heavy atom. The first-order valence-corrected chi connectivity index (χ1v) is 9.21. The van der Waals surface area contributed by atoms with Gasteiger partial charge in [0.05, 0.1) is 0 Å². The van der Waals surface area contributed by atoms with Gasteiger partial charge in [0, 0.05) is 30.0 Å². The maximum atomic E-state index is 12.7. The summed E-state index contributed by atoms with van der Waals surface area (Å²) in [6.07, 6.45) is 4.68. The molecule has 2 unspecified atom stereocenters. The van der Waals surface area contributed by atoms with Crippen molar-refractivity contribution in [2.75, 3.05) is 26.2 Å². The van der Waals surface area contributed by atoms with Crippen LogP contribution in [0.2, 0.25) is 0 Å². The Balaban J connectivity index is 0.00000156. The molecule has 1 amide bonds. The van der Waals surface area contributed by atoms with Gasteiger partial charge in [0.1, 0.15) is 0 Å². The van der Waals surface area contributed by atoms with Crippen LogP contribution in [0.15, 0.2) is 28.7 Å². The smallest absolute Gasteiger partial charge is 0.226 e. The van der Waals surface area contributed by atoms with Crippen LogP contribution in [0.3, 0.4) is 0 Å². The normalized spacial score (nSPS) is 28.5. The molecule has 23 heavy (non-hydrogen) atoms. The van der Waals surface area contributed by atoms with Crippen molar-refractivity contribution in [2.24, 2.45) is 11.3 Å². The van der Waals surface area contributed by atoms with Crippen molar-refractivity contribution in [3.63, 3.8) is 0 Å². The van der Waals surface area contributed by atoms with E-state index in [0.29, 0.717) is 17.2 Å². The Morgan fingerprint density at radius 2 is 2.04 bits per heavy atom. The Kier molecular flexibility index (Phi) is 5.05. The first kappa shape index (κ1) is 17.2. The molecule has 2 atom stereocenters. The summed E-state index contributed by atoms with van der Waals surface area (Å²) < 4.78 is 1.11. The summed E-state index contributed by atoms with van der Waals surface area (Å²) in [7, 11) is 0. The summed E-state index contributed by atoms with van der Waals surface area (Å²) in [5.74, 6) is 1.06. The van der Waals surface area contributed by atoms with Crippen molar-refractivity contribution >= 4 is 34.2 Å². The molecular formula is C18H24BrClN2O. The molecule has 126 valence electrons. The molecule has 0 radical (unpaired) electrons. The number of nitrogens with one attached hydrogen (secondary N) is 1. The maximum Gasteiger partial charge on any atom is 0.226 e. The van der Waals surface area contributed by atoms with Gasteiger partial charge in [0.25, 0.3) is 0 Å². The third-order valence-electron chi connectivity index (χ3n) is 5.85. The highest BCUT2D eigenvalue weighted by atomic mass is 79.9. The fraction of sp³-hybridized carbons (Fsp3) is 0.611. The van der Waals surface area contributed by atoms with Gasteiger partial charge in [-0.25, -0.2) is 0 Å². The molecule has 0 aromatic heterocycles. The summed E-state index contributed by atoms with van der Waals surface area (Å²) >= 11 is 3.52. The fourth-order valence-electron chi connectivity index (χ4n) is 4.23. The van der Waals surface area contributed by atoms with E-state index in [9.17, 15) is 4.79 Å². The van der Waals surface area contributed by atoms with Crippen LogP contribution in [0.4, 0.5) is 0 Å². The number of likely N-dealkylation sites (tertiary alicyclic amines) is 1. The zero-order valence-corrected chi connectivity index (χ0v) is 15.7. The molecule has 2 heterocycles. The average molecular weight is 400 g/mol. The standard InChI is InChI=1S/C18H23BrN2O.ClH/c19-14-3-1-2-13(10-14)15-11-16(15)17(22)21-8-5-18(6-9-21)4-7-20-12-18;/h1-3,10,15-16,20H,4-9,11-12H2;1H. The van der Waals surface area contributed by atoms with Gasteiger partial charge in [-0.2, -0.15) is 0 Å². The van der Waals surface area contributed by atoms with Crippen molar-refractivity contribution in [1.82, 2.24) is 10.2 Å². The van der Waals surface area contributed by atoms with Crippen LogP contribution in [-0.2, 0) is 4.79 Å². The highest BCUT2D eigenvalue weighted by Gasteiger charge is 2.47. The fourth-order valence-corrected chi connectivity index (χ4v) is 4.65. The average Bonchev–Trinajstić information content (AvgIpc) is 3.22. The number of benzene rings is 1. The zero-order valence-electron chi connectivity index (χ0n) is 13.3. The molecule has 0 bridgehead atoms. The lowest BCUT2D eigenvalue weighted by molar-refractivity contribution is -0.134. The number of halogens is 2. The molecule has 1 aromatic carbocycles. The molecule has 3 aliphatic rings. The molecule has 2 aliphatic heterocycles. The quantitative estimate of drug-likeness (QED) is 0.824. The predicted molar refractivity (Wildman–Crippen MR) is 98.0 cm³/mol. The topological polar surface area (TPSA) is 32.3 Å². The third-order valence-corrected chi connectivity index (χ3v) is 6.35. The van der Waals surface area contributed by atoms with E-state index in [2.05, 4.69) is 44.3 Å². The molecule has 1 aromatic rings. The second-order valence-electron chi connectivity index (χ2n) is 7.26. The van der Waals surface area contributed by atoms with Crippen LogP contribution in [0.5, 0.6) is 0 Å². The molecule has 3 fully saturated rings. The number of carbonyl (C=O) groups is 1. The van der Waals surface area contributed by atoms with Crippen molar-refractivity contribution in [3.05, 3.63) is 34.3 Å². The van der Waals surface area contributed by atoms with Gasteiger partial charge in [-0.15, -0.1) is 12.4 Å². The Labute approximate surface area is 152 Å². The lowest BCUT2D eigenvalue weighted by Gasteiger charge is -2.39. The number of amides is 1. The second kappa shape index (κ2) is 6.73. The number of rotatable bonds is 2. The number of hydrogen-bond donors (Lipinski definition) is 1. The minimum Gasteiger partial charge on any atom is -0.342 e. The van der Waals surface area contributed by atoms with E-state index >= 15 is 0 Å². The molecule has 1 saturated carbocycles. The molecule has 3 nitrogen and oxygen atoms in total. The van der Waals surface area contributed by atoms with E-state index in [1.165, 1.54) is 24.8 Å². The first-order valence-electron chi connectivity index (χ1n) is 8.42. The van der Waals surface area contributed by atoms with E-state index in [-0.39, 0.29) is 18.3 Å². The van der Waals surface area contributed by atoms with Crippen molar-refractivity contribution < 1.29 is 4.79 Å². The van der Waals surface area contributed by atoms with E-state index in [0.717, 1.165) is 37.1 Å². The molecule has 1 N–H and O–H groups in total. The van der Waals surface area contributed by atoms with Crippen LogP contribution in [-0.4, -0.2) is 37.0 Å².